The Hall–Kier alpha value is -2.43. The first-order valence-electron chi connectivity index (χ1n) is 13.7. The van der Waals surface area contributed by atoms with Gasteiger partial charge in [-0.05, 0) is 44.3 Å². The van der Waals surface area contributed by atoms with Gasteiger partial charge in [-0.25, -0.2) is 4.98 Å². The molecule has 0 saturated carbocycles. The summed E-state index contributed by atoms with van der Waals surface area (Å²) < 4.78 is 5.87. The van der Waals surface area contributed by atoms with Crippen LogP contribution in [-0.4, -0.2) is 73.9 Å². The number of aromatic nitrogens is 1. The topological polar surface area (TPSA) is 134 Å². The van der Waals surface area contributed by atoms with E-state index in [-0.39, 0.29) is 23.8 Å². The predicted molar refractivity (Wildman–Crippen MR) is 148 cm³/mol. The molecule has 1 aromatic rings. The number of fused-ring (bicyclic) bond motifs is 1. The van der Waals surface area contributed by atoms with Crippen molar-refractivity contribution in [3.8, 4) is 0 Å². The van der Waals surface area contributed by atoms with Gasteiger partial charge in [0, 0.05) is 24.6 Å². The van der Waals surface area contributed by atoms with E-state index in [9.17, 15) is 29.4 Å². The molecule has 1 aromatic heterocycles. The standard InChI is InChI=1S/C29H42N2O7S/c1-15-9-8-10-21-22(31(21)28(37)18(4)32)12-23(16(2)11-20-14-39-19(5)30-20)38-25(34)13-24(33)29(6,7)27(36)17(3)26(15)35/h11,14-15,17,21-24,26,33,35H,8-10,12-13H2,1-7H3/b16-11+/t15-,17?,21?,22-,23-,24?,26-,31?/m0/s1. The average molecular weight is 563 g/mol. The molecule has 3 heterocycles. The van der Waals surface area contributed by atoms with Crippen LogP contribution in [0.15, 0.2) is 11.0 Å². The largest absolute Gasteiger partial charge is 0.458 e. The number of ketones is 2. The highest BCUT2D eigenvalue weighted by Gasteiger charge is 2.52. The van der Waals surface area contributed by atoms with E-state index in [0.29, 0.717) is 25.7 Å². The summed E-state index contributed by atoms with van der Waals surface area (Å²) in [5.74, 6) is -3.03. The van der Waals surface area contributed by atoms with Crippen molar-refractivity contribution in [1.29, 1.82) is 0 Å². The molecule has 0 aromatic carbocycles. The van der Waals surface area contributed by atoms with Gasteiger partial charge in [-0.15, -0.1) is 11.3 Å². The van der Waals surface area contributed by atoms with E-state index in [1.165, 1.54) is 18.3 Å². The number of aliphatic hydroxyl groups is 2. The van der Waals surface area contributed by atoms with E-state index in [0.717, 1.165) is 16.3 Å². The summed E-state index contributed by atoms with van der Waals surface area (Å²) in [4.78, 5) is 57.0. The Morgan fingerprint density at radius 2 is 1.82 bits per heavy atom. The fourth-order valence-electron chi connectivity index (χ4n) is 5.58. The van der Waals surface area contributed by atoms with Gasteiger partial charge in [-0.2, -0.15) is 0 Å². The Morgan fingerprint density at radius 3 is 2.41 bits per heavy atom. The number of cyclic esters (lactones) is 1. The van der Waals surface area contributed by atoms with Crippen LogP contribution in [0.3, 0.4) is 0 Å². The van der Waals surface area contributed by atoms with Crippen LogP contribution in [0, 0.1) is 24.2 Å². The second-order valence-electron chi connectivity index (χ2n) is 11.8. The summed E-state index contributed by atoms with van der Waals surface area (Å²) in [7, 11) is 0. The van der Waals surface area contributed by atoms with Crippen molar-refractivity contribution in [2.75, 3.05) is 0 Å². The molecule has 39 heavy (non-hydrogen) atoms. The zero-order valence-corrected chi connectivity index (χ0v) is 24.8. The highest BCUT2D eigenvalue weighted by Crippen LogP contribution is 2.39. The Morgan fingerprint density at radius 1 is 1.15 bits per heavy atom. The fraction of sp³-hybridized carbons (Fsp3) is 0.690. The molecule has 216 valence electrons. The van der Waals surface area contributed by atoms with Gasteiger partial charge < -0.3 is 19.8 Å². The van der Waals surface area contributed by atoms with Gasteiger partial charge in [0.1, 0.15) is 11.9 Å². The highest BCUT2D eigenvalue weighted by atomic mass is 32.1. The molecule has 0 spiro atoms. The number of carbonyl (C=O) groups is 4. The molecule has 9 nitrogen and oxygen atoms in total. The van der Waals surface area contributed by atoms with Crippen molar-refractivity contribution in [3.63, 3.8) is 0 Å². The van der Waals surface area contributed by atoms with Crippen LogP contribution in [0.25, 0.3) is 6.08 Å². The first-order valence-corrected chi connectivity index (χ1v) is 14.6. The van der Waals surface area contributed by atoms with Crippen molar-refractivity contribution < 1.29 is 34.1 Å². The number of nitrogens with zero attached hydrogens (tertiary/aromatic N) is 2. The maximum atomic E-state index is 13.3. The van der Waals surface area contributed by atoms with Crippen LogP contribution in [0.2, 0.25) is 0 Å². The Kier molecular flexibility index (Phi) is 9.88. The second-order valence-corrected chi connectivity index (χ2v) is 12.9. The Labute approximate surface area is 234 Å². The molecule has 2 saturated heterocycles. The van der Waals surface area contributed by atoms with Crippen molar-refractivity contribution in [3.05, 3.63) is 21.7 Å². The normalized spacial score (nSPS) is 32.8. The number of ether oxygens (including phenoxy) is 1. The molecule has 2 N–H and O–H groups in total. The molecular formula is C29H42N2O7S. The zero-order chi connectivity index (χ0) is 29.2. The number of hydrogen-bond acceptors (Lipinski definition) is 9. The number of rotatable bonds is 3. The number of aliphatic hydroxyl groups excluding tert-OH is 2. The lowest BCUT2D eigenvalue weighted by Crippen LogP contribution is -2.45. The van der Waals surface area contributed by atoms with Crippen molar-refractivity contribution in [1.82, 2.24) is 9.88 Å². The van der Waals surface area contributed by atoms with Crippen LogP contribution in [-0.2, 0) is 23.9 Å². The second kappa shape index (κ2) is 12.4. The van der Waals surface area contributed by atoms with E-state index in [2.05, 4.69) is 4.98 Å². The molecular weight excluding hydrogens is 520 g/mol. The number of aryl methyl sites for hydroxylation is 1. The smallest absolute Gasteiger partial charge is 0.309 e. The number of esters is 1. The summed E-state index contributed by atoms with van der Waals surface area (Å²) in [6, 6.07) is -0.465. The summed E-state index contributed by atoms with van der Waals surface area (Å²) >= 11 is 1.50. The third kappa shape index (κ3) is 7.21. The maximum Gasteiger partial charge on any atom is 0.309 e. The third-order valence-electron chi connectivity index (χ3n) is 8.35. The van der Waals surface area contributed by atoms with E-state index in [1.807, 2.05) is 32.2 Å². The Balaban J connectivity index is 1.94. The highest BCUT2D eigenvalue weighted by molar-refractivity contribution is 7.09. The van der Waals surface area contributed by atoms with Gasteiger partial charge in [0.25, 0.3) is 5.91 Å². The molecule has 0 aliphatic carbocycles. The molecule has 3 rings (SSSR count). The molecule has 2 fully saturated rings. The van der Waals surface area contributed by atoms with Gasteiger partial charge in [0.15, 0.2) is 0 Å². The predicted octanol–water partition coefficient (Wildman–Crippen LogP) is 3.49. The summed E-state index contributed by atoms with van der Waals surface area (Å²) in [6.07, 6.45) is 0.737. The number of carbonyl (C=O) groups excluding carboxylic acids is 4. The number of Topliss-reactive ketones (excluding diaryl/α,β-unsaturated/α-hetero) is 2. The van der Waals surface area contributed by atoms with Gasteiger partial charge in [0.2, 0.25) is 5.78 Å². The van der Waals surface area contributed by atoms with Gasteiger partial charge in [-0.1, -0.05) is 34.1 Å². The van der Waals surface area contributed by atoms with Gasteiger partial charge in [0.05, 0.1) is 46.8 Å². The lowest BCUT2D eigenvalue weighted by Gasteiger charge is -2.34. The van der Waals surface area contributed by atoms with Crippen LogP contribution in [0.5, 0.6) is 0 Å². The van der Waals surface area contributed by atoms with Crippen molar-refractivity contribution in [2.24, 2.45) is 17.3 Å². The maximum absolute atomic E-state index is 13.3. The van der Waals surface area contributed by atoms with Crippen LogP contribution in [0.4, 0.5) is 0 Å². The zero-order valence-electron chi connectivity index (χ0n) is 24.0. The third-order valence-corrected chi connectivity index (χ3v) is 9.14. The fourth-order valence-corrected chi connectivity index (χ4v) is 6.15. The molecule has 0 radical (unpaired) electrons. The monoisotopic (exact) mass is 562 g/mol. The summed E-state index contributed by atoms with van der Waals surface area (Å²) in [6.45, 7) is 11.7. The van der Waals surface area contributed by atoms with E-state index >= 15 is 0 Å². The van der Waals surface area contributed by atoms with Crippen LogP contribution < -0.4 is 0 Å². The minimum Gasteiger partial charge on any atom is -0.458 e. The number of thiazole rings is 1. The SMILES string of the molecule is CC(=O)C(=O)N1C2CCC[C@H](C)[C@H](O)C(C)C(=O)C(C)(C)C(O)CC(=O)O[C@H](/C(C)=C/c3csc(C)n3)C[C@@H]21. The molecule has 3 unspecified atom stereocenters. The summed E-state index contributed by atoms with van der Waals surface area (Å²) in [5, 5.41) is 24.6. The van der Waals surface area contributed by atoms with E-state index < -0.39 is 53.7 Å². The summed E-state index contributed by atoms with van der Waals surface area (Å²) in [5.41, 5.74) is 0.183. The van der Waals surface area contributed by atoms with E-state index in [4.69, 9.17) is 4.74 Å². The van der Waals surface area contributed by atoms with Gasteiger partial charge >= 0.3 is 5.97 Å². The Bertz CT molecular complexity index is 1130. The van der Waals surface area contributed by atoms with Gasteiger partial charge in [-0.3, -0.25) is 19.2 Å². The minimum atomic E-state index is -1.31. The molecule has 0 bridgehead atoms. The number of hydrogen-bond donors (Lipinski definition) is 2. The van der Waals surface area contributed by atoms with E-state index in [1.54, 1.807) is 25.7 Å². The van der Waals surface area contributed by atoms with Crippen LogP contribution in [0.1, 0.15) is 84.3 Å². The first kappa shape index (κ1) is 31.1. The van der Waals surface area contributed by atoms with Crippen LogP contribution >= 0.6 is 11.3 Å². The first-order chi connectivity index (χ1) is 18.1. The minimum absolute atomic E-state index is 0.183. The molecule has 7 atom stereocenters. The quantitative estimate of drug-likeness (QED) is 0.325. The van der Waals surface area contributed by atoms with Crippen molar-refractivity contribution >= 4 is 40.9 Å². The average Bonchev–Trinajstić information content (AvgIpc) is 3.38. The lowest BCUT2D eigenvalue weighted by molar-refractivity contribution is -0.154. The molecule has 10 heteroatoms. The molecule has 2 aliphatic heterocycles. The van der Waals surface area contributed by atoms with Crippen molar-refractivity contribution in [2.45, 2.75) is 111 Å². The molecule has 1 amide bonds. The molecule has 2 aliphatic rings. The number of amides is 1. The lowest BCUT2D eigenvalue weighted by atomic mass is 9.73.